The summed E-state index contributed by atoms with van der Waals surface area (Å²) in [7, 11) is 1.53. The Bertz CT molecular complexity index is 1580. The van der Waals surface area contributed by atoms with E-state index >= 15 is 0 Å². The number of aromatic nitrogens is 3. The van der Waals surface area contributed by atoms with Crippen molar-refractivity contribution in [2.24, 2.45) is 4.99 Å². The highest BCUT2D eigenvalue weighted by Gasteiger charge is 2.20. The molecule has 0 bridgehead atoms. The first kappa shape index (κ1) is 24.0. The van der Waals surface area contributed by atoms with Crippen LogP contribution in [0, 0.1) is 13.8 Å². The molecule has 180 valence electrons. The number of benzene rings is 1. The molecule has 3 aromatic heterocycles. The van der Waals surface area contributed by atoms with Gasteiger partial charge in [-0.05, 0) is 62.2 Å². The third kappa shape index (κ3) is 4.63. The van der Waals surface area contributed by atoms with Crippen molar-refractivity contribution in [2.45, 2.75) is 27.3 Å². The quantitative estimate of drug-likeness (QED) is 0.314. The van der Waals surface area contributed by atoms with Gasteiger partial charge in [0.2, 0.25) is 0 Å². The molecule has 0 saturated heterocycles. The third-order valence-corrected chi connectivity index (χ3v) is 5.77. The molecule has 3 heterocycles. The Morgan fingerprint density at radius 1 is 1.09 bits per heavy atom. The fourth-order valence-electron chi connectivity index (χ4n) is 3.79. The molecule has 0 N–H and O–H groups in total. The summed E-state index contributed by atoms with van der Waals surface area (Å²) >= 11 is 0. The normalized spacial score (nSPS) is 11.8. The van der Waals surface area contributed by atoms with Gasteiger partial charge in [-0.25, -0.2) is 9.78 Å². The van der Waals surface area contributed by atoms with Crippen LogP contribution in [0.15, 0.2) is 58.4 Å². The minimum atomic E-state index is -0.690. The van der Waals surface area contributed by atoms with E-state index in [9.17, 15) is 14.4 Å². The zero-order valence-electron chi connectivity index (χ0n) is 20.1. The van der Waals surface area contributed by atoms with E-state index in [4.69, 9.17) is 9.47 Å². The van der Waals surface area contributed by atoms with Crippen molar-refractivity contribution < 1.29 is 19.1 Å². The molecular formula is C26H26N4O5. The van der Waals surface area contributed by atoms with Crippen molar-refractivity contribution in [2.75, 3.05) is 20.3 Å². The molecule has 4 aromatic rings. The Morgan fingerprint density at radius 2 is 1.89 bits per heavy atom. The number of carbonyl (C=O) groups is 2. The van der Waals surface area contributed by atoms with E-state index in [0.717, 1.165) is 11.1 Å². The smallest absolute Gasteiger partial charge is 0.341 e. The summed E-state index contributed by atoms with van der Waals surface area (Å²) < 4.78 is 13.5. The van der Waals surface area contributed by atoms with Crippen LogP contribution < -0.4 is 11.0 Å². The molecule has 0 unspecified atom stereocenters. The van der Waals surface area contributed by atoms with Crippen LogP contribution in [0.5, 0.6) is 0 Å². The second-order valence-corrected chi connectivity index (χ2v) is 8.05. The number of amides is 1. The summed E-state index contributed by atoms with van der Waals surface area (Å²) in [5.41, 5.74) is 2.80. The molecule has 9 nitrogen and oxygen atoms in total. The minimum absolute atomic E-state index is 0.00224. The van der Waals surface area contributed by atoms with E-state index in [2.05, 4.69) is 9.98 Å². The number of esters is 1. The molecule has 1 aromatic carbocycles. The van der Waals surface area contributed by atoms with Crippen LogP contribution in [0.25, 0.3) is 16.7 Å². The van der Waals surface area contributed by atoms with Crippen LogP contribution in [0.2, 0.25) is 0 Å². The van der Waals surface area contributed by atoms with Gasteiger partial charge in [-0.1, -0.05) is 12.1 Å². The Kier molecular flexibility index (Phi) is 6.88. The highest BCUT2D eigenvalue weighted by molar-refractivity contribution is 5.97. The molecule has 0 fully saturated rings. The molecule has 0 aliphatic carbocycles. The number of methoxy groups -OCH3 is 1. The zero-order chi connectivity index (χ0) is 25.1. The van der Waals surface area contributed by atoms with Gasteiger partial charge in [0.1, 0.15) is 16.9 Å². The maximum Gasteiger partial charge on any atom is 0.341 e. The van der Waals surface area contributed by atoms with Crippen molar-refractivity contribution in [1.29, 1.82) is 0 Å². The van der Waals surface area contributed by atoms with E-state index in [1.807, 2.05) is 19.9 Å². The van der Waals surface area contributed by atoms with Crippen LogP contribution >= 0.6 is 0 Å². The molecule has 0 atom stereocenters. The van der Waals surface area contributed by atoms with Gasteiger partial charge in [-0.2, -0.15) is 4.99 Å². The first-order chi connectivity index (χ1) is 16.8. The second-order valence-electron chi connectivity index (χ2n) is 8.05. The van der Waals surface area contributed by atoms with Crippen molar-refractivity contribution in [3.8, 4) is 0 Å². The lowest BCUT2D eigenvalue weighted by Gasteiger charge is -2.15. The average molecular weight is 475 g/mol. The Balaban J connectivity index is 2.10. The summed E-state index contributed by atoms with van der Waals surface area (Å²) in [5, 5.41) is 0.199. The first-order valence-electron chi connectivity index (χ1n) is 11.2. The fourth-order valence-corrected chi connectivity index (χ4v) is 3.79. The van der Waals surface area contributed by atoms with Gasteiger partial charge in [-0.3, -0.25) is 14.0 Å². The lowest BCUT2D eigenvalue weighted by atomic mass is 10.1. The van der Waals surface area contributed by atoms with Crippen molar-refractivity contribution in [3.63, 3.8) is 0 Å². The minimum Gasteiger partial charge on any atom is -0.462 e. The highest BCUT2D eigenvalue weighted by Crippen LogP contribution is 2.13. The van der Waals surface area contributed by atoms with Crippen LogP contribution in [-0.2, 0) is 16.0 Å². The van der Waals surface area contributed by atoms with Crippen molar-refractivity contribution >= 4 is 28.6 Å². The highest BCUT2D eigenvalue weighted by atomic mass is 16.5. The number of hydrogen-bond donors (Lipinski definition) is 0. The zero-order valence-corrected chi connectivity index (χ0v) is 20.1. The molecule has 0 saturated carbocycles. The lowest BCUT2D eigenvalue weighted by Crippen LogP contribution is -2.33. The van der Waals surface area contributed by atoms with E-state index in [-0.39, 0.29) is 47.4 Å². The Hall–Kier alpha value is -4.11. The van der Waals surface area contributed by atoms with Crippen LogP contribution in [0.1, 0.15) is 38.8 Å². The molecule has 0 aliphatic heterocycles. The van der Waals surface area contributed by atoms with Gasteiger partial charge in [0.15, 0.2) is 5.49 Å². The van der Waals surface area contributed by atoms with Gasteiger partial charge in [0, 0.05) is 25.4 Å². The SMILES string of the molecule is CCOC(=O)c1cc2c(=O)n3ccccc3nc2n(CCOC)c1=NC(=O)c1ccc(C)c(C)c1. The van der Waals surface area contributed by atoms with Crippen molar-refractivity contribution in [1.82, 2.24) is 14.0 Å². The third-order valence-electron chi connectivity index (χ3n) is 5.77. The van der Waals surface area contributed by atoms with Crippen molar-refractivity contribution in [3.05, 3.63) is 86.8 Å². The van der Waals surface area contributed by atoms with E-state index < -0.39 is 11.9 Å². The molecular weight excluding hydrogens is 448 g/mol. The van der Waals surface area contributed by atoms with E-state index in [1.165, 1.54) is 17.6 Å². The number of aryl methyl sites for hydroxylation is 2. The summed E-state index contributed by atoms with van der Waals surface area (Å²) in [5.74, 6) is -1.22. The van der Waals surface area contributed by atoms with Gasteiger partial charge in [0.25, 0.3) is 11.5 Å². The molecule has 35 heavy (non-hydrogen) atoms. The number of carbonyl (C=O) groups excluding carboxylic acids is 2. The standard InChI is InChI=1S/C26H26N4O5/c1-5-35-26(33)20-15-19-22(27-21-8-6-7-11-29(21)25(19)32)30(12-13-34-4)23(20)28-24(31)18-10-9-16(2)17(3)14-18/h6-11,14-15H,5,12-13H2,1-4H3. The predicted octanol–water partition coefficient (Wildman–Crippen LogP) is 2.83. The van der Waals surface area contributed by atoms with Gasteiger partial charge in [-0.15, -0.1) is 0 Å². The van der Waals surface area contributed by atoms with Crippen LogP contribution in [0.4, 0.5) is 0 Å². The summed E-state index contributed by atoms with van der Waals surface area (Å²) in [6.45, 7) is 6.11. The van der Waals surface area contributed by atoms with Crippen LogP contribution in [-0.4, -0.2) is 46.2 Å². The van der Waals surface area contributed by atoms with Gasteiger partial charge in [0.05, 0.1) is 18.6 Å². The second kappa shape index (κ2) is 10.0. The maximum atomic E-state index is 13.3. The average Bonchev–Trinajstić information content (AvgIpc) is 2.85. The number of ether oxygens (including phenoxy) is 2. The van der Waals surface area contributed by atoms with Gasteiger partial charge < -0.3 is 14.0 Å². The monoisotopic (exact) mass is 474 g/mol. The molecule has 0 radical (unpaired) electrons. The molecule has 0 spiro atoms. The first-order valence-corrected chi connectivity index (χ1v) is 11.2. The number of fused-ring (bicyclic) bond motifs is 2. The number of hydrogen-bond acceptors (Lipinski definition) is 6. The molecule has 9 heteroatoms. The molecule has 0 aliphatic rings. The topological polar surface area (TPSA) is 104 Å². The number of pyridine rings is 2. The largest absolute Gasteiger partial charge is 0.462 e. The lowest BCUT2D eigenvalue weighted by molar-refractivity contribution is 0.0523. The summed E-state index contributed by atoms with van der Waals surface area (Å²) in [6.07, 6.45) is 1.61. The predicted molar refractivity (Wildman–Crippen MR) is 131 cm³/mol. The maximum absolute atomic E-state index is 13.3. The van der Waals surface area contributed by atoms with Crippen LogP contribution in [0.3, 0.4) is 0 Å². The summed E-state index contributed by atoms with van der Waals surface area (Å²) in [4.78, 5) is 48.4. The Labute approximate surface area is 201 Å². The van der Waals surface area contributed by atoms with E-state index in [0.29, 0.717) is 11.2 Å². The molecule has 4 rings (SSSR count). The number of nitrogens with zero attached hydrogens (tertiary/aromatic N) is 4. The van der Waals surface area contributed by atoms with Gasteiger partial charge >= 0.3 is 5.97 Å². The number of rotatable bonds is 6. The molecule has 1 amide bonds. The van der Waals surface area contributed by atoms with E-state index in [1.54, 1.807) is 48.0 Å². The fraction of sp³-hybridized carbons (Fsp3) is 0.269. The Morgan fingerprint density at radius 3 is 2.60 bits per heavy atom. The summed E-state index contributed by atoms with van der Waals surface area (Å²) in [6, 6.07) is 11.9.